The second-order valence-corrected chi connectivity index (χ2v) is 5.44. The fourth-order valence-corrected chi connectivity index (χ4v) is 3.32. The van der Waals surface area contributed by atoms with Gasteiger partial charge in [0.15, 0.2) is 0 Å². The number of hydrogen-bond donors (Lipinski definition) is 1. The molecule has 1 aromatic carbocycles. The van der Waals surface area contributed by atoms with Crippen LogP contribution in [-0.2, 0) is 0 Å². The van der Waals surface area contributed by atoms with E-state index < -0.39 is 0 Å². The van der Waals surface area contributed by atoms with Crippen LogP contribution < -0.4 is 5.73 Å². The number of likely N-dealkylation sites (tertiary alicyclic amines) is 1. The molecule has 0 spiro atoms. The van der Waals surface area contributed by atoms with Gasteiger partial charge >= 0.3 is 0 Å². The van der Waals surface area contributed by atoms with Crippen LogP contribution in [0.5, 0.6) is 0 Å². The third-order valence-electron chi connectivity index (χ3n) is 4.25. The summed E-state index contributed by atoms with van der Waals surface area (Å²) >= 11 is 0. The maximum atomic E-state index is 12.8. The zero-order valence-electron chi connectivity index (χ0n) is 9.98. The van der Waals surface area contributed by atoms with Crippen molar-refractivity contribution in [3.05, 3.63) is 35.6 Å². The van der Waals surface area contributed by atoms with Gasteiger partial charge in [-0.1, -0.05) is 12.1 Å². The lowest BCUT2D eigenvalue weighted by molar-refractivity contribution is 0.201. The van der Waals surface area contributed by atoms with Crippen LogP contribution in [0.15, 0.2) is 24.3 Å². The third kappa shape index (κ3) is 2.22. The Balaban J connectivity index is 1.63. The summed E-state index contributed by atoms with van der Waals surface area (Å²) in [5.41, 5.74) is 7.23. The van der Waals surface area contributed by atoms with E-state index in [4.69, 9.17) is 5.73 Å². The minimum atomic E-state index is -0.193. The lowest BCUT2D eigenvalue weighted by Gasteiger charge is -2.29. The predicted molar refractivity (Wildman–Crippen MR) is 66.0 cm³/mol. The van der Waals surface area contributed by atoms with Crippen LogP contribution in [0.4, 0.5) is 4.39 Å². The van der Waals surface area contributed by atoms with Gasteiger partial charge in [-0.05, 0) is 42.9 Å². The Morgan fingerprint density at radius 2 is 2.06 bits per heavy atom. The molecule has 0 amide bonds. The number of rotatable bonds is 3. The van der Waals surface area contributed by atoms with Crippen molar-refractivity contribution < 1.29 is 4.39 Å². The van der Waals surface area contributed by atoms with E-state index in [0.29, 0.717) is 0 Å². The summed E-state index contributed by atoms with van der Waals surface area (Å²) in [4.78, 5) is 2.52. The molecular formula is C14H19FN2. The molecule has 1 aliphatic carbocycles. The van der Waals surface area contributed by atoms with Crippen molar-refractivity contribution in [3.63, 3.8) is 0 Å². The molecule has 1 aromatic rings. The molecular weight excluding hydrogens is 215 g/mol. The van der Waals surface area contributed by atoms with E-state index in [-0.39, 0.29) is 11.9 Å². The van der Waals surface area contributed by atoms with Crippen LogP contribution in [-0.4, -0.2) is 24.0 Å². The van der Waals surface area contributed by atoms with Gasteiger partial charge in [-0.3, -0.25) is 4.90 Å². The zero-order chi connectivity index (χ0) is 11.8. The minimum Gasteiger partial charge on any atom is -0.323 e. The summed E-state index contributed by atoms with van der Waals surface area (Å²) in [7, 11) is 0. The molecule has 2 bridgehead atoms. The first-order valence-electron chi connectivity index (χ1n) is 6.47. The van der Waals surface area contributed by atoms with Gasteiger partial charge in [-0.15, -0.1) is 0 Å². The molecule has 92 valence electrons. The van der Waals surface area contributed by atoms with Crippen molar-refractivity contribution in [2.75, 3.05) is 13.1 Å². The maximum Gasteiger partial charge on any atom is 0.123 e. The van der Waals surface area contributed by atoms with Gasteiger partial charge in [0.25, 0.3) is 0 Å². The van der Waals surface area contributed by atoms with E-state index in [9.17, 15) is 4.39 Å². The highest BCUT2D eigenvalue weighted by atomic mass is 19.1. The maximum absolute atomic E-state index is 12.8. The van der Waals surface area contributed by atoms with E-state index in [0.717, 1.165) is 24.1 Å². The van der Waals surface area contributed by atoms with Gasteiger partial charge < -0.3 is 5.73 Å². The molecule has 1 heterocycles. The second-order valence-electron chi connectivity index (χ2n) is 5.44. The van der Waals surface area contributed by atoms with Crippen LogP contribution in [0.2, 0.25) is 0 Å². The lowest BCUT2D eigenvalue weighted by Crippen LogP contribution is -2.37. The molecule has 1 saturated carbocycles. The topological polar surface area (TPSA) is 29.3 Å². The first-order chi connectivity index (χ1) is 8.22. The number of nitrogens with two attached hydrogens (primary N) is 1. The summed E-state index contributed by atoms with van der Waals surface area (Å²) in [6.07, 6.45) is 4.09. The van der Waals surface area contributed by atoms with E-state index in [1.54, 1.807) is 12.1 Å². The van der Waals surface area contributed by atoms with Gasteiger partial charge in [0, 0.05) is 25.2 Å². The highest BCUT2D eigenvalue weighted by Crippen LogP contribution is 2.37. The van der Waals surface area contributed by atoms with Crippen molar-refractivity contribution in [3.8, 4) is 0 Å². The molecule has 1 aliphatic heterocycles. The highest BCUT2D eigenvalue weighted by molar-refractivity contribution is 5.20. The minimum absolute atomic E-state index is 0.00921. The fraction of sp³-hybridized carbons (Fsp3) is 0.571. The Morgan fingerprint density at radius 1 is 1.29 bits per heavy atom. The quantitative estimate of drug-likeness (QED) is 0.869. The number of fused-ring (bicyclic) bond motifs is 2. The normalized spacial score (nSPS) is 29.8. The molecule has 2 N–H and O–H groups in total. The van der Waals surface area contributed by atoms with Crippen LogP contribution in [0.3, 0.4) is 0 Å². The van der Waals surface area contributed by atoms with Crippen molar-refractivity contribution in [2.45, 2.75) is 31.3 Å². The summed E-state index contributed by atoms with van der Waals surface area (Å²) in [6, 6.07) is 7.35. The Bertz CT molecular complexity index is 390. The number of benzene rings is 1. The van der Waals surface area contributed by atoms with Crippen LogP contribution in [0, 0.1) is 11.7 Å². The fourth-order valence-electron chi connectivity index (χ4n) is 3.32. The molecule has 0 radical (unpaired) electrons. The SMILES string of the molecule is NC(CN1CC2CCC1C2)c1ccc(F)cc1. The molecule has 2 aliphatic rings. The van der Waals surface area contributed by atoms with Crippen molar-refractivity contribution >= 4 is 0 Å². The first kappa shape index (κ1) is 11.2. The third-order valence-corrected chi connectivity index (χ3v) is 4.25. The largest absolute Gasteiger partial charge is 0.323 e. The summed E-state index contributed by atoms with van der Waals surface area (Å²) < 4.78 is 12.8. The Hall–Kier alpha value is -0.930. The number of hydrogen-bond acceptors (Lipinski definition) is 2. The van der Waals surface area contributed by atoms with E-state index >= 15 is 0 Å². The molecule has 0 aromatic heterocycles. The van der Waals surface area contributed by atoms with Crippen LogP contribution >= 0.6 is 0 Å². The second kappa shape index (κ2) is 4.39. The average molecular weight is 234 g/mol. The highest BCUT2D eigenvalue weighted by Gasteiger charge is 2.37. The Kier molecular flexibility index (Phi) is 2.89. The van der Waals surface area contributed by atoms with E-state index in [1.807, 2.05) is 0 Å². The van der Waals surface area contributed by atoms with Crippen LogP contribution in [0.1, 0.15) is 30.9 Å². The molecule has 2 fully saturated rings. The molecule has 17 heavy (non-hydrogen) atoms. The molecule has 1 saturated heterocycles. The number of piperidine rings is 1. The first-order valence-corrected chi connectivity index (χ1v) is 6.47. The summed E-state index contributed by atoms with van der Waals surface area (Å²) in [5.74, 6) is 0.710. The Morgan fingerprint density at radius 3 is 2.65 bits per heavy atom. The molecule has 3 heteroatoms. The summed E-state index contributed by atoms with van der Waals surface area (Å²) in [6.45, 7) is 2.12. The van der Waals surface area contributed by atoms with Gasteiger partial charge in [-0.2, -0.15) is 0 Å². The molecule has 3 rings (SSSR count). The number of halogens is 1. The smallest absolute Gasteiger partial charge is 0.123 e. The molecule has 2 nitrogen and oxygen atoms in total. The standard InChI is InChI=1S/C14H19FN2/c15-12-4-2-11(3-5-12)14(16)9-17-8-10-1-6-13(17)7-10/h2-5,10,13-14H,1,6-9,16H2. The van der Waals surface area contributed by atoms with E-state index in [2.05, 4.69) is 4.90 Å². The zero-order valence-corrected chi connectivity index (χ0v) is 9.98. The predicted octanol–water partition coefficient (Wildman–Crippen LogP) is 2.31. The van der Waals surface area contributed by atoms with Crippen molar-refractivity contribution in [1.29, 1.82) is 0 Å². The van der Waals surface area contributed by atoms with Crippen molar-refractivity contribution in [2.24, 2.45) is 11.7 Å². The van der Waals surface area contributed by atoms with Gasteiger partial charge in [0.2, 0.25) is 0 Å². The van der Waals surface area contributed by atoms with Gasteiger partial charge in [0.1, 0.15) is 5.82 Å². The van der Waals surface area contributed by atoms with Gasteiger partial charge in [-0.25, -0.2) is 4.39 Å². The Labute approximate surface area is 102 Å². The van der Waals surface area contributed by atoms with E-state index in [1.165, 1.54) is 37.9 Å². The average Bonchev–Trinajstić information content (AvgIpc) is 2.91. The van der Waals surface area contributed by atoms with Crippen molar-refractivity contribution in [1.82, 2.24) is 4.90 Å². The summed E-state index contributed by atoms with van der Waals surface area (Å²) in [5, 5.41) is 0. The van der Waals surface area contributed by atoms with Gasteiger partial charge in [0.05, 0.1) is 0 Å². The lowest BCUT2D eigenvalue weighted by atomic mass is 10.1. The molecule has 3 unspecified atom stereocenters. The number of nitrogens with zero attached hydrogens (tertiary/aromatic N) is 1. The molecule has 3 atom stereocenters. The van der Waals surface area contributed by atoms with Crippen LogP contribution in [0.25, 0.3) is 0 Å². The monoisotopic (exact) mass is 234 g/mol.